The van der Waals surface area contributed by atoms with Crippen LogP contribution in [0.15, 0.2) is 37.0 Å². The molecule has 0 rings (SSSR count). The molecule has 0 saturated heterocycles. The molecule has 0 fully saturated rings. The molecule has 0 aromatic carbocycles. The van der Waals surface area contributed by atoms with Crippen LogP contribution in [0.5, 0.6) is 0 Å². The molecule has 0 aliphatic rings. The molecule has 0 aromatic rings. The lowest BCUT2D eigenvalue weighted by Crippen LogP contribution is -2.24. The van der Waals surface area contributed by atoms with Gasteiger partial charge in [0.1, 0.15) is 0 Å². The predicted octanol–water partition coefficient (Wildman–Crippen LogP) is 3.60. The van der Waals surface area contributed by atoms with E-state index in [9.17, 15) is 20.1 Å². The highest BCUT2D eigenvalue weighted by molar-refractivity contribution is 5.66. The van der Waals surface area contributed by atoms with Crippen LogP contribution < -0.4 is 0 Å². The van der Waals surface area contributed by atoms with Crippen LogP contribution in [0.25, 0.3) is 0 Å². The number of hydrogen-bond donors (Lipinski definition) is 4. The fourth-order valence-electron chi connectivity index (χ4n) is 2.61. The highest BCUT2D eigenvalue weighted by atomic mass is 16.4. The number of carboxylic acid groups (broad SMARTS) is 1. The van der Waals surface area contributed by atoms with Crippen LogP contribution in [0.4, 0.5) is 0 Å². The average Bonchev–Trinajstić information content (AvgIpc) is 2.60. The lowest BCUT2D eigenvalue weighted by molar-refractivity contribution is -0.137. The maximum absolute atomic E-state index is 10.5. The van der Waals surface area contributed by atoms with Crippen molar-refractivity contribution < 1.29 is 25.2 Å². The Morgan fingerprint density at radius 2 is 1.73 bits per heavy atom. The Hall–Kier alpha value is -1.43. The molecule has 5 nitrogen and oxygen atoms in total. The summed E-state index contributed by atoms with van der Waals surface area (Å²) in [6.07, 6.45) is 12.4. The third-order valence-corrected chi connectivity index (χ3v) is 4.29. The summed E-state index contributed by atoms with van der Waals surface area (Å²) in [6, 6.07) is 0. The van der Waals surface area contributed by atoms with Crippen LogP contribution >= 0.6 is 0 Å². The molecular weight excluding hydrogens is 332 g/mol. The monoisotopic (exact) mass is 368 g/mol. The first kappa shape index (κ1) is 24.6. The third kappa shape index (κ3) is 12.9. The largest absolute Gasteiger partial charge is 0.481 e. The minimum Gasteiger partial charge on any atom is -0.481 e. The predicted molar refractivity (Wildman–Crippen MR) is 105 cm³/mol. The van der Waals surface area contributed by atoms with Gasteiger partial charge < -0.3 is 20.4 Å². The number of allylic oxidation sites excluding steroid dienone is 2. The molecule has 0 aliphatic carbocycles. The molecule has 150 valence electrons. The van der Waals surface area contributed by atoms with Gasteiger partial charge in [0.05, 0.1) is 18.3 Å². The van der Waals surface area contributed by atoms with Crippen LogP contribution in [0.3, 0.4) is 0 Å². The Morgan fingerprint density at radius 1 is 1.00 bits per heavy atom. The van der Waals surface area contributed by atoms with Crippen molar-refractivity contribution in [3.05, 3.63) is 37.0 Å². The molecule has 0 bridgehead atoms. The van der Waals surface area contributed by atoms with Gasteiger partial charge in [0.15, 0.2) is 0 Å². The molecule has 0 radical (unpaired) electrons. The van der Waals surface area contributed by atoms with Crippen LogP contribution in [0.2, 0.25) is 0 Å². The van der Waals surface area contributed by atoms with E-state index >= 15 is 0 Å². The molecule has 0 amide bonds. The second-order valence-corrected chi connectivity index (χ2v) is 6.69. The molecule has 2 unspecified atom stereocenters. The van der Waals surface area contributed by atoms with Gasteiger partial charge in [-0.05, 0) is 32.1 Å². The summed E-state index contributed by atoms with van der Waals surface area (Å²) in [4.78, 5) is 10.5. The van der Waals surface area contributed by atoms with E-state index in [1.165, 1.54) is 0 Å². The quantitative estimate of drug-likeness (QED) is 0.246. The van der Waals surface area contributed by atoms with E-state index in [2.05, 4.69) is 13.5 Å². The van der Waals surface area contributed by atoms with E-state index in [0.717, 1.165) is 19.3 Å². The van der Waals surface area contributed by atoms with Crippen molar-refractivity contribution >= 4 is 5.97 Å². The Bertz CT molecular complexity index is 430. The summed E-state index contributed by atoms with van der Waals surface area (Å²) in [6.45, 7) is 5.73. The summed E-state index contributed by atoms with van der Waals surface area (Å²) < 4.78 is 0. The number of carboxylic acids is 1. The van der Waals surface area contributed by atoms with Gasteiger partial charge in [-0.15, -0.1) is 6.58 Å². The first-order valence-electron chi connectivity index (χ1n) is 9.62. The summed E-state index contributed by atoms with van der Waals surface area (Å²) in [7, 11) is 0. The van der Waals surface area contributed by atoms with Crippen LogP contribution in [0, 0.1) is 5.92 Å². The number of hydrogen-bond acceptors (Lipinski definition) is 4. The van der Waals surface area contributed by atoms with Gasteiger partial charge in [-0.1, -0.05) is 56.6 Å². The highest BCUT2D eigenvalue weighted by Crippen LogP contribution is 2.17. The van der Waals surface area contributed by atoms with Crippen LogP contribution in [-0.2, 0) is 4.79 Å². The number of rotatable bonds is 16. The van der Waals surface area contributed by atoms with Crippen molar-refractivity contribution in [3.63, 3.8) is 0 Å². The van der Waals surface area contributed by atoms with E-state index in [1.54, 1.807) is 18.2 Å². The second kappa shape index (κ2) is 15.8. The van der Waals surface area contributed by atoms with Crippen molar-refractivity contribution in [1.29, 1.82) is 0 Å². The number of unbranched alkanes of at least 4 members (excludes halogenated alkanes) is 3. The number of aliphatic hydroxyl groups is 3. The fourth-order valence-corrected chi connectivity index (χ4v) is 2.61. The molecule has 5 heteroatoms. The van der Waals surface area contributed by atoms with Gasteiger partial charge in [-0.25, -0.2) is 0 Å². The second-order valence-electron chi connectivity index (χ2n) is 6.69. The van der Waals surface area contributed by atoms with Crippen LogP contribution in [-0.4, -0.2) is 44.7 Å². The van der Waals surface area contributed by atoms with Gasteiger partial charge in [-0.2, -0.15) is 0 Å². The molecule has 0 aromatic heterocycles. The first-order valence-corrected chi connectivity index (χ1v) is 9.62. The molecule has 0 spiro atoms. The number of aliphatic hydroxyl groups excluding tert-OH is 3. The SMILES string of the molecule is C=CCC(O)[C@@H](/C=C/C(O)[C@@H](O)CCCCC)C/C=C\CCCC(=O)O. The van der Waals surface area contributed by atoms with Crippen LogP contribution in [0.1, 0.15) is 64.7 Å². The summed E-state index contributed by atoms with van der Waals surface area (Å²) in [5, 5.41) is 38.9. The summed E-state index contributed by atoms with van der Waals surface area (Å²) in [5.74, 6) is -0.992. The standard InChI is InChI=1S/C21H36O5/c1-3-5-8-13-19(23)20(24)16-15-17(18(22)11-4-2)12-9-6-7-10-14-21(25)26/h4,6,9,15-20,22-24H,2-3,5,7-8,10-14H2,1H3,(H,25,26)/b9-6-,16-15+/t17-,18?,19+,20?/m1/s1. The Morgan fingerprint density at radius 3 is 2.35 bits per heavy atom. The Labute approximate surface area is 157 Å². The molecule has 26 heavy (non-hydrogen) atoms. The zero-order chi connectivity index (χ0) is 19.8. The maximum atomic E-state index is 10.5. The zero-order valence-electron chi connectivity index (χ0n) is 16.0. The fraction of sp³-hybridized carbons (Fsp3) is 0.667. The van der Waals surface area contributed by atoms with Gasteiger partial charge >= 0.3 is 5.97 Å². The number of aliphatic carboxylic acids is 1. The molecule has 0 heterocycles. The van der Waals surface area contributed by atoms with E-state index in [1.807, 2.05) is 12.2 Å². The minimum absolute atomic E-state index is 0.148. The van der Waals surface area contributed by atoms with Crippen molar-refractivity contribution in [1.82, 2.24) is 0 Å². The van der Waals surface area contributed by atoms with Crippen molar-refractivity contribution in [3.8, 4) is 0 Å². The van der Waals surface area contributed by atoms with Crippen molar-refractivity contribution in [2.24, 2.45) is 5.92 Å². The summed E-state index contributed by atoms with van der Waals surface area (Å²) in [5.41, 5.74) is 0. The number of carbonyl (C=O) groups is 1. The van der Waals surface area contributed by atoms with E-state index in [4.69, 9.17) is 5.11 Å². The lowest BCUT2D eigenvalue weighted by atomic mass is 9.94. The van der Waals surface area contributed by atoms with Gasteiger partial charge in [0.25, 0.3) is 0 Å². The van der Waals surface area contributed by atoms with Gasteiger partial charge in [-0.3, -0.25) is 4.79 Å². The average molecular weight is 369 g/mol. The first-order chi connectivity index (χ1) is 12.4. The molecule has 0 aliphatic heterocycles. The molecule has 0 saturated carbocycles. The van der Waals surface area contributed by atoms with Gasteiger partial charge in [0, 0.05) is 12.3 Å². The molecule has 4 atom stereocenters. The van der Waals surface area contributed by atoms with Crippen molar-refractivity contribution in [2.45, 2.75) is 83.0 Å². The maximum Gasteiger partial charge on any atom is 0.303 e. The Kier molecular flexibility index (Phi) is 14.9. The smallest absolute Gasteiger partial charge is 0.303 e. The van der Waals surface area contributed by atoms with E-state index in [0.29, 0.717) is 32.1 Å². The lowest BCUT2D eigenvalue weighted by Gasteiger charge is -2.19. The van der Waals surface area contributed by atoms with Crippen molar-refractivity contribution in [2.75, 3.05) is 0 Å². The topological polar surface area (TPSA) is 98.0 Å². The van der Waals surface area contributed by atoms with E-state index < -0.39 is 24.3 Å². The highest BCUT2D eigenvalue weighted by Gasteiger charge is 2.17. The minimum atomic E-state index is -0.940. The zero-order valence-corrected chi connectivity index (χ0v) is 16.0. The van der Waals surface area contributed by atoms with Gasteiger partial charge in [0.2, 0.25) is 0 Å². The normalized spacial score (nSPS) is 16.6. The van der Waals surface area contributed by atoms with E-state index in [-0.39, 0.29) is 12.3 Å². The molecular formula is C21H36O5. The summed E-state index contributed by atoms with van der Waals surface area (Å²) >= 11 is 0. The Balaban J connectivity index is 4.54. The third-order valence-electron chi connectivity index (χ3n) is 4.29. The molecule has 4 N–H and O–H groups in total.